The minimum absolute atomic E-state index is 0.0992. The predicted octanol–water partition coefficient (Wildman–Crippen LogP) is 3.53. The van der Waals surface area contributed by atoms with Crippen molar-refractivity contribution < 1.29 is 13.5 Å². The minimum Gasteiger partial charge on any atom is -0.435 e. The number of hydrogen-bond acceptors (Lipinski definition) is 3. The average molecular weight is 275 g/mol. The number of hydrogen-bond donors (Lipinski definition) is 1. The van der Waals surface area contributed by atoms with Gasteiger partial charge in [-0.15, -0.1) is 0 Å². The molecule has 0 saturated heterocycles. The van der Waals surface area contributed by atoms with Crippen LogP contribution in [-0.4, -0.2) is 21.6 Å². The summed E-state index contributed by atoms with van der Waals surface area (Å²) in [5.74, 6) is 0.667. The third-order valence-electron chi connectivity index (χ3n) is 2.81. The van der Waals surface area contributed by atoms with Crippen LogP contribution in [-0.2, 0) is 0 Å². The first kappa shape index (κ1) is 12.5. The van der Waals surface area contributed by atoms with Gasteiger partial charge in [0.1, 0.15) is 11.6 Å². The second-order valence-electron chi connectivity index (χ2n) is 4.38. The molecule has 1 aromatic carbocycles. The summed E-state index contributed by atoms with van der Waals surface area (Å²) in [4.78, 5) is 11.7. The first-order valence-corrected chi connectivity index (χ1v) is 5.99. The van der Waals surface area contributed by atoms with Crippen LogP contribution in [0.3, 0.4) is 0 Å². The number of fused-ring (bicyclic) bond motifs is 1. The maximum atomic E-state index is 12.2. The summed E-state index contributed by atoms with van der Waals surface area (Å²) >= 11 is 0. The average Bonchev–Trinajstić information content (AvgIpc) is 2.81. The maximum Gasteiger partial charge on any atom is 0.387 e. The number of ether oxygens (including phenoxy) is 1. The quantitative estimate of drug-likeness (QED) is 0.795. The molecule has 0 atom stereocenters. The Morgan fingerprint density at radius 1 is 1.25 bits per heavy atom. The molecule has 0 amide bonds. The molecule has 1 N–H and O–H groups in total. The normalized spacial score (nSPS) is 11.2. The molecule has 3 aromatic rings. The van der Waals surface area contributed by atoms with Gasteiger partial charge in [-0.3, -0.25) is 0 Å². The van der Waals surface area contributed by atoms with E-state index in [0.717, 1.165) is 11.1 Å². The van der Waals surface area contributed by atoms with Crippen LogP contribution in [0.2, 0.25) is 0 Å². The molecule has 0 aliphatic heterocycles. The van der Waals surface area contributed by atoms with Crippen molar-refractivity contribution in [2.75, 3.05) is 0 Å². The molecule has 0 aliphatic rings. The smallest absolute Gasteiger partial charge is 0.387 e. The molecule has 3 rings (SSSR count). The molecule has 4 nitrogen and oxygen atoms in total. The van der Waals surface area contributed by atoms with Gasteiger partial charge in [0.05, 0.1) is 5.52 Å². The van der Waals surface area contributed by atoms with E-state index in [1.807, 2.05) is 13.0 Å². The third kappa shape index (κ3) is 2.45. The van der Waals surface area contributed by atoms with Crippen LogP contribution in [0.15, 0.2) is 36.5 Å². The lowest BCUT2D eigenvalue weighted by atomic mass is 10.2. The predicted molar refractivity (Wildman–Crippen MR) is 70.7 cm³/mol. The van der Waals surface area contributed by atoms with Crippen molar-refractivity contribution in [3.05, 3.63) is 42.1 Å². The highest BCUT2D eigenvalue weighted by atomic mass is 19.3. The van der Waals surface area contributed by atoms with Gasteiger partial charge in [-0.05, 0) is 30.7 Å². The molecule has 0 bridgehead atoms. The van der Waals surface area contributed by atoms with Gasteiger partial charge < -0.3 is 9.72 Å². The summed E-state index contributed by atoms with van der Waals surface area (Å²) < 4.78 is 28.8. The number of pyridine rings is 1. The van der Waals surface area contributed by atoms with Crippen molar-refractivity contribution >= 4 is 11.2 Å². The zero-order valence-corrected chi connectivity index (χ0v) is 10.6. The fourth-order valence-electron chi connectivity index (χ4n) is 1.96. The molecule has 0 fully saturated rings. The van der Waals surface area contributed by atoms with E-state index in [0.29, 0.717) is 17.0 Å². The fraction of sp³-hybridized carbons (Fsp3) is 0.143. The molecule has 102 valence electrons. The van der Waals surface area contributed by atoms with E-state index in [-0.39, 0.29) is 5.75 Å². The molecule has 0 spiro atoms. The molecule has 2 aromatic heterocycles. The molecule has 0 unspecified atom stereocenters. The fourth-order valence-corrected chi connectivity index (χ4v) is 1.96. The van der Waals surface area contributed by atoms with Crippen LogP contribution in [0.5, 0.6) is 5.75 Å². The zero-order valence-electron chi connectivity index (χ0n) is 10.6. The van der Waals surface area contributed by atoms with E-state index in [1.54, 1.807) is 18.3 Å². The number of alkyl halides is 2. The van der Waals surface area contributed by atoms with E-state index < -0.39 is 6.61 Å². The van der Waals surface area contributed by atoms with E-state index >= 15 is 0 Å². The van der Waals surface area contributed by atoms with Gasteiger partial charge in [0, 0.05) is 11.8 Å². The number of imidazole rings is 1. The van der Waals surface area contributed by atoms with Crippen molar-refractivity contribution in [1.82, 2.24) is 15.0 Å². The second-order valence-corrected chi connectivity index (χ2v) is 4.38. The van der Waals surface area contributed by atoms with Gasteiger partial charge in [0.25, 0.3) is 0 Å². The third-order valence-corrected chi connectivity index (χ3v) is 2.81. The highest BCUT2D eigenvalue weighted by Gasteiger charge is 2.09. The van der Waals surface area contributed by atoms with Crippen molar-refractivity contribution in [3.63, 3.8) is 0 Å². The Kier molecular flexibility index (Phi) is 3.06. The standard InChI is InChI=1S/C14H11F2N3O/c1-8-5-11-13(17-7-8)19-12(18-11)9-3-2-4-10(6-9)20-14(15)16/h2-7,14H,1H3,(H,17,18,19). The Labute approximate surface area is 113 Å². The number of nitrogens with one attached hydrogen (secondary N) is 1. The Morgan fingerprint density at radius 2 is 2.10 bits per heavy atom. The van der Waals surface area contributed by atoms with Gasteiger partial charge >= 0.3 is 6.61 Å². The van der Waals surface area contributed by atoms with E-state index in [9.17, 15) is 8.78 Å². The number of benzene rings is 1. The lowest BCUT2D eigenvalue weighted by molar-refractivity contribution is -0.0498. The maximum absolute atomic E-state index is 12.2. The zero-order chi connectivity index (χ0) is 14.1. The van der Waals surface area contributed by atoms with Gasteiger partial charge in [-0.1, -0.05) is 12.1 Å². The highest BCUT2D eigenvalue weighted by molar-refractivity contribution is 5.76. The van der Waals surface area contributed by atoms with Crippen LogP contribution in [0.25, 0.3) is 22.6 Å². The summed E-state index contributed by atoms with van der Waals surface area (Å²) in [6, 6.07) is 8.32. The molecule has 6 heteroatoms. The number of nitrogens with zero attached hydrogens (tertiary/aromatic N) is 2. The van der Waals surface area contributed by atoms with E-state index in [4.69, 9.17) is 0 Å². The van der Waals surface area contributed by atoms with Crippen LogP contribution in [0, 0.1) is 6.92 Å². The molecule has 0 saturated carbocycles. The molecule has 20 heavy (non-hydrogen) atoms. The first-order chi connectivity index (χ1) is 9.61. The Bertz CT molecular complexity index is 755. The summed E-state index contributed by atoms with van der Waals surface area (Å²) in [6.45, 7) is -0.908. The van der Waals surface area contributed by atoms with Crippen LogP contribution in [0.1, 0.15) is 5.56 Å². The lowest BCUT2D eigenvalue weighted by Crippen LogP contribution is -2.01. The van der Waals surface area contributed by atoms with Crippen molar-refractivity contribution in [2.24, 2.45) is 0 Å². The number of H-pyrrole nitrogens is 1. The van der Waals surface area contributed by atoms with Crippen molar-refractivity contribution in [2.45, 2.75) is 13.5 Å². The number of halogens is 2. The van der Waals surface area contributed by atoms with Gasteiger partial charge in [-0.25, -0.2) is 9.97 Å². The Hall–Kier alpha value is -2.50. The van der Waals surface area contributed by atoms with Crippen LogP contribution >= 0.6 is 0 Å². The number of aromatic amines is 1. The summed E-state index contributed by atoms with van der Waals surface area (Å²) in [7, 11) is 0. The summed E-state index contributed by atoms with van der Waals surface area (Å²) in [6.07, 6.45) is 1.73. The van der Waals surface area contributed by atoms with E-state index in [2.05, 4.69) is 19.7 Å². The topological polar surface area (TPSA) is 50.8 Å². The molecule has 2 heterocycles. The molecule has 0 aliphatic carbocycles. The Morgan fingerprint density at radius 3 is 2.90 bits per heavy atom. The van der Waals surface area contributed by atoms with Crippen molar-refractivity contribution in [3.8, 4) is 17.1 Å². The molecular weight excluding hydrogens is 264 g/mol. The number of aryl methyl sites for hydroxylation is 1. The first-order valence-electron chi connectivity index (χ1n) is 5.99. The SMILES string of the molecule is Cc1cnc2nc(-c3cccc(OC(F)F)c3)[nH]c2c1. The van der Waals surface area contributed by atoms with E-state index in [1.165, 1.54) is 12.1 Å². The molecular formula is C14H11F2N3O. The number of aromatic nitrogens is 3. The number of rotatable bonds is 3. The Balaban J connectivity index is 2.01. The van der Waals surface area contributed by atoms with Gasteiger partial charge in [0.15, 0.2) is 5.65 Å². The van der Waals surface area contributed by atoms with Crippen LogP contribution < -0.4 is 4.74 Å². The largest absolute Gasteiger partial charge is 0.435 e. The summed E-state index contributed by atoms with van der Waals surface area (Å²) in [5.41, 5.74) is 3.08. The van der Waals surface area contributed by atoms with Crippen LogP contribution in [0.4, 0.5) is 8.78 Å². The monoisotopic (exact) mass is 275 g/mol. The van der Waals surface area contributed by atoms with Gasteiger partial charge in [0.2, 0.25) is 0 Å². The van der Waals surface area contributed by atoms with Gasteiger partial charge in [-0.2, -0.15) is 8.78 Å². The molecule has 0 radical (unpaired) electrons. The second kappa shape index (κ2) is 4.88. The highest BCUT2D eigenvalue weighted by Crippen LogP contribution is 2.24. The lowest BCUT2D eigenvalue weighted by Gasteiger charge is -2.05. The summed E-state index contributed by atoms with van der Waals surface area (Å²) in [5, 5.41) is 0. The van der Waals surface area contributed by atoms with Crippen molar-refractivity contribution in [1.29, 1.82) is 0 Å². The minimum atomic E-state index is -2.84.